The SMILES string of the molecule is C/C=C\C(=C/C)c1cc(/C(C)=C(C)/C=C\C)c2c(C)cccc2c1.C=C/C=C\C(=C/C)c1cc(C)cc(-c2ccccc2)c1. The molecule has 0 heterocycles. The van der Waals surface area contributed by atoms with Crippen molar-refractivity contribution in [1.82, 2.24) is 0 Å². The lowest BCUT2D eigenvalue weighted by Gasteiger charge is -2.15. The molecule has 0 bridgehead atoms. The van der Waals surface area contributed by atoms with Gasteiger partial charge in [0.2, 0.25) is 0 Å². The smallest absolute Gasteiger partial charge is 0.00789 e. The van der Waals surface area contributed by atoms with Crippen molar-refractivity contribution in [2.24, 2.45) is 0 Å². The summed E-state index contributed by atoms with van der Waals surface area (Å²) in [6.07, 6.45) is 18.8. The van der Waals surface area contributed by atoms with Gasteiger partial charge < -0.3 is 0 Å². The summed E-state index contributed by atoms with van der Waals surface area (Å²) in [5, 5.41) is 2.66. The molecule has 0 amide bonds. The van der Waals surface area contributed by atoms with Gasteiger partial charge in [0.25, 0.3) is 0 Å². The predicted octanol–water partition coefficient (Wildman–Crippen LogP) is 13.3. The summed E-state index contributed by atoms with van der Waals surface area (Å²) in [6.45, 7) is 20.8. The van der Waals surface area contributed by atoms with Gasteiger partial charge >= 0.3 is 0 Å². The summed E-state index contributed by atoms with van der Waals surface area (Å²) in [6, 6.07) is 28.4. The number of hydrogen-bond acceptors (Lipinski definition) is 0. The summed E-state index contributed by atoms with van der Waals surface area (Å²) < 4.78 is 0. The Bertz CT molecular complexity index is 1760. The van der Waals surface area contributed by atoms with Gasteiger partial charge in [-0.3, -0.25) is 0 Å². The van der Waals surface area contributed by atoms with Crippen molar-refractivity contribution in [3.8, 4) is 11.1 Å². The second-order valence-corrected chi connectivity index (χ2v) is 11.0. The molecule has 0 nitrogen and oxygen atoms in total. The molecule has 0 saturated carbocycles. The third-order valence-electron chi connectivity index (χ3n) is 7.83. The van der Waals surface area contributed by atoms with Crippen LogP contribution in [0.5, 0.6) is 0 Å². The Balaban J connectivity index is 0.000000244. The van der Waals surface area contributed by atoms with Gasteiger partial charge in [0.15, 0.2) is 0 Å². The fourth-order valence-corrected chi connectivity index (χ4v) is 5.48. The summed E-state index contributed by atoms with van der Waals surface area (Å²) >= 11 is 0. The summed E-state index contributed by atoms with van der Waals surface area (Å²) in [5.74, 6) is 0. The van der Waals surface area contributed by atoms with E-state index in [9.17, 15) is 0 Å². The molecule has 0 aromatic heterocycles. The van der Waals surface area contributed by atoms with Crippen LogP contribution in [0.15, 0.2) is 146 Å². The van der Waals surface area contributed by atoms with E-state index in [4.69, 9.17) is 0 Å². The third-order valence-corrected chi connectivity index (χ3v) is 7.83. The van der Waals surface area contributed by atoms with E-state index in [1.54, 1.807) is 6.08 Å². The minimum atomic E-state index is 1.21. The monoisotopic (exact) mass is 576 g/mol. The molecule has 0 aliphatic heterocycles. The van der Waals surface area contributed by atoms with Crippen molar-refractivity contribution >= 4 is 27.5 Å². The molecular weight excluding hydrogens is 528 g/mol. The van der Waals surface area contributed by atoms with Crippen molar-refractivity contribution < 1.29 is 0 Å². The molecule has 0 aliphatic rings. The van der Waals surface area contributed by atoms with Gasteiger partial charge in [0, 0.05) is 0 Å². The Kier molecular flexibility index (Phi) is 12.9. The maximum atomic E-state index is 3.73. The molecule has 4 aromatic rings. The Labute approximate surface area is 266 Å². The molecule has 0 spiro atoms. The number of hydrogen-bond donors (Lipinski definition) is 0. The van der Waals surface area contributed by atoms with Crippen LogP contribution in [0, 0.1) is 13.8 Å². The molecule has 0 heteroatoms. The molecule has 0 saturated heterocycles. The quantitative estimate of drug-likeness (QED) is 0.183. The lowest BCUT2D eigenvalue weighted by molar-refractivity contribution is 1.44. The molecule has 0 N–H and O–H groups in total. The lowest BCUT2D eigenvalue weighted by atomic mass is 9.89. The number of aryl methyl sites for hydroxylation is 2. The molecule has 0 unspecified atom stereocenters. The second kappa shape index (κ2) is 16.8. The maximum Gasteiger partial charge on any atom is -0.00789 e. The summed E-state index contributed by atoms with van der Waals surface area (Å²) in [4.78, 5) is 0. The van der Waals surface area contributed by atoms with Gasteiger partial charge in [-0.2, -0.15) is 0 Å². The van der Waals surface area contributed by atoms with Gasteiger partial charge in [-0.15, -0.1) is 0 Å². The van der Waals surface area contributed by atoms with E-state index in [0.29, 0.717) is 0 Å². The first-order valence-corrected chi connectivity index (χ1v) is 15.5. The van der Waals surface area contributed by atoms with Gasteiger partial charge in [-0.25, -0.2) is 0 Å². The molecule has 44 heavy (non-hydrogen) atoms. The fraction of sp³-hybridized carbons (Fsp3) is 0.182. The molecule has 224 valence electrons. The highest BCUT2D eigenvalue weighted by atomic mass is 14.1. The van der Waals surface area contributed by atoms with E-state index in [0.717, 1.165) is 0 Å². The maximum absolute atomic E-state index is 3.73. The third kappa shape index (κ3) is 8.68. The van der Waals surface area contributed by atoms with Gasteiger partial charge in [-0.05, 0) is 146 Å². The molecule has 0 aliphatic carbocycles. The highest BCUT2D eigenvalue weighted by molar-refractivity contribution is 5.99. The molecule has 0 fully saturated rings. The van der Waals surface area contributed by atoms with Crippen LogP contribution in [0.4, 0.5) is 0 Å². The first-order valence-electron chi connectivity index (χ1n) is 15.5. The summed E-state index contributed by atoms with van der Waals surface area (Å²) in [7, 11) is 0. The number of benzene rings is 4. The fourth-order valence-electron chi connectivity index (χ4n) is 5.48. The van der Waals surface area contributed by atoms with Gasteiger partial charge in [0.05, 0.1) is 0 Å². The normalized spacial score (nSPS) is 13.0. The Hall–Kier alpha value is -4.68. The Morgan fingerprint density at radius 2 is 1.30 bits per heavy atom. The Morgan fingerprint density at radius 3 is 1.93 bits per heavy atom. The van der Waals surface area contributed by atoms with E-state index in [-0.39, 0.29) is 0 Å². The largest absolute Gasteiger partial charge is 0.0991 e. The number of fused-ring (bicyclic) bond motifs is 1. The van der Waals surface area contributed by atoms with E-state index < -0.39 is 0 Å². The topological polar surface area (TPSA) is 0 Å². The van der Waals surface area contributed by atoms with E-state index in [1.165, 1.54) is 72.0 Å². The van der Waals surface area contributed by atoms with Crippen LogP contribution in [-0.4, -0.2) is 0 Å². The molecule has 4 aromatic carbocycles. The molecular formula is C44H48. The van der Waals surface area contributed by atoms with E-state index >= 15 is 0 Å². The molecule has 0 atom stereocenters. The lowest BCUT2D eigenvalue weighted by Crippen LogP contribution is -1.93. The van der Waals surface area contributed by atoms with Crippen LogP contribution in [0.25, 0.3) is 38.6 Å². The van der Waals surface area contributed by atoms with Crippen LogP contribution in [0.2, 0.25) is 0 Å². The van der Waals surface area contributed by atoms with Crippen molar-refractivity contribution in [3.05, 3.63) is 174 Å². The first kappa shape index (κ1) is 33.8. The van der Waals surface area contributed by atoms with Crippen molar-refractivity contribution in [2.45, 2.75) is 55.4 Å². The average molecular weight is 577 g/mol. The second-order valence-electron chi connectivity index (χ2n) is 11.0. The zero-order valence-corrected chi connectivity index (χ0v) is 27.9. The van der Waals surface area contributed by atoms with Crippen LogP contribution < -0.4 is 0 Å². The van der Waals surface area contributed by atoms with Crippen LogP contribution in [0.3, 0.4) is 0 Å². The predicted molar refractivity (Wildman–Crippen MR) is 200 cm³/mol. The minimum Gasteiger partial charge on any atom is -0.0991 e. The van der Waals surface area contributed by atoms with Crippen LogP contribution in [0.1, 0.15) is 69.4 Å². The highest BCUT2D eigenvalue weighted by Gasteiger charge is 2.11. The molecule has 4 rings (SSSR count). The number of rotatable bonds is 8. The molecule has 0 radical (unpaired) electrons. The first-order chi connectivity index (χ1) is 21.3. The zero-order valence-electron chi connectivity index (χ0n) is 27.9. The average Bonchev–Trinajstić information content (AvgIpc) is 3.04. The zero-order chi connectivity index (χ0) is 32.1. The highest BCUT2D eigenvalue weighted by Crippen LogP contribution is 2.34. The van der Waals surface area contributed by atoms with Gasteiger partial charge in [0.1, 0.15) is 0 Å². The van der Waals surface area contributed by atoms with Crippen molar-refractivity contribution in [3.63, 3.8) is 0 Å². The minimum absolute atomic E-state index is 1.21. The van der Waals surface area contributed by atoms with Crippen molar-refractivity contribution in [2.75, 3.05) is 0 Å². The van der Waals surface area contributed by atoms with Crippen LogP contribution >= 0.6 is 0 Å². The number of allylic oxidation sites excluding steroid dienone is 13. The van der Waals surface area contributed by atoms with Crippen molar-refractivity contribution in [1.29, 1.82) is 0 Å². The van der Waals surface area contributed by atoms with Gasteiger partial charge in [-0.1, -0.05) is 122 Å². The van der Waals surface area contributed by atoms with E-state index in [1.807, 2.05) is 12.1 Å². The standard InChI is InChI=1S/C24H28.C20H20/c1-7-11-17(4)19(6)23-16-22(20(9-3)12-8-2)15-21-14-10-13-18(5)24(21)23;1-4-6-10-17(5-2)19-13-16(3)14-20(15-19)18-11-8-7-9-12-18/h7-16H,1-6H3;4-15H,1H2,2-3H3/b11-7-,12-8-,19-17+,20-9+;10-6-,17-5+. The van der Waals surface area contributed by atoms with E-state index in [2.05, 4.69) is 177 Å². The Morgan fingerprint density at radius 1 is 0.636 bits per heavy atom. The summed E-state index contributed by atoms with van der Waals surface area (Å²) in [5.41, 5.74) is 14.1. The van der Waals surface area contributed by atoms with Crippen LogP contribution in [-0.2, 0) is 0 Å².